The molecule has 0 fully saturated rings. The molecule has 3 aromatic rings. The van der Waals surface area contributed by atoms with E-state index in [4.69, 9.17) is 0 Å². The number of carbonyl (C=O) groups is 1. The van der Waals surface area contributed by atoms with Crippen molar-refractivity contribution in [1.29, 1.82) is 0 Å². The summed E-state index contributed by atoms with van der Waals surface area (Å²) >= 11 is 0. The minimum atomic E-state index is -0.887. The van der Waals surface area contributed by atoms with Crippen LogP contribution in [0.2, 0.25) is 0 Å². The Balaban J connectivity index is 2.08. The van der Waals surface area contributed by atoms with Crippen molar-refractivity contribution in [3.63, 3.8) is 0 Å². The van der Waals surface area contributed by atoms with Crippen molar-refractivity contribution < 1.29 is 15.0 Å². The number of nitrogens with zero attached hydrogens (tertiary/aromatic N) is 2. The van der Waals surface area contributed by atoms with Crippen molar-refractivity contribution in [2.45, 2.75) is 13.0 Å². The maximum absolute atomic E-state index is 11.0. The summed E-state index contributed by atoms with van der Waals surface area (Å²) in [4.78, 5) is 21.1. The molecule has 2 aromatic carbocycles. The second kappa shape index (κ2) is 6.60. The van der Waals surface area contributed by atoms with Crippen LogP contribution in [0.15, 0.2) is 59.8 Å². The maximum Gasteiger partial charge on any atom is 0.309 e. The molecule has 0 aliphatic rings. The monoisotopic (exact) mass is 336 g/mol. The molecule has 1 atom stereocenters. The van der Waals surface area contributed by atoms with Crippen molar-refractivity contribution in [3.8, 4) is 11.8 Å². The lowest BCUT2D eigenvalue weighted by Crippen LogP contribution is -2.05. The molecule has 1 heterocycles. The standard InChI is InChI=1S/C19H16N2O4/c1-12(14-5-3-2-4-6-14)21-18(23)15-9-7-13(8-10-17(22)20-25)11-16(15)19(21)24/h2-12,23-24H,1H3/b10-8+/t12-/m0/s1. The summed E-state index contributed by atoms with van der Waals surface area (Å²) in [7, 11) is 0. The molecule has 0 aliphatic carbocycles. The van der Waals surface area contributed by atoms with E-state index in [0.717, 1.165) is 11.6 Å². The number of nitroso groups, excluding NO2 is 1. The second-order valence-corrected chi connectivity index (χ2v) is 5.67. The highest BCUT2D eigenvalue weighted by Crippen LogP contribution is 2.40. The van der Waals surface area contributed by atoms with Crippen LogP contribution in [0.25, 0.3) is 16.8 Å². The zero-order valence-corrected chi connectivity index (χ0v) is 13.5. The minimum absolute atomic E-state index is 0.0370. The van der Waals surface area contributed by atoms with Gasteiger partial charge in [-0.3, -0.25) is 9.36 Å². The molecule has 0 bridgehead atoms. The normalized spacial score (nSPS) is 12.5. The number of fused-ring (bicyclic) bond motifs is 1. The fourth-order valence-electron chi connectivity index (χ4n) is 2.85. The fraction of sp³-hybridized carbons (Fsp3) is 0.105. The average molecular weight is 336 g/mol. The van der Waals surface area contributed by atoms with Gasteiger partial charge in [-0.15, -0.1) is 4.91 Å². The topological polar surface area (TPSA) is 91.9 Å². The van der Waals surface area contributed by atoms with Gasteiger partial charge < -0.3 is 10.2 Å². The molecule has 25 heavy (non-hydrogen) atoms. The first-order valence-corrected chi connectivity index (χ1v) is 7.69. The van der Waals surface area contributed by atoms with Gasteiger partial charge in [-0.05, 0) is 36.3 Å². The Morgan fingerprint density at radius 3 is 2.44 bits per heavy atom. The van der Waals surface area contributed by atoms with Gasteiger partial charge in [0.05, 0.1) is 6.04 Å². The third-order valence-corrected chi connectivity index (χ3v) is 4.16. The summed E-state index contributed by atoms with van der Waals surface area (Å²) in [6, 6.07) is 14.2. The van der Waals surface area contributed by atoms with Gasteiger partial charge in [-0.2, -0.15) is 0 Å². The zero-order valence-electron chi connectivity index (χ0n) is 13.5. The molecule has 6 heteroatoms. The molecule has 2 N–H and O–H groups in total. The van der Waals surface area contributed by atoms with Crippen molar-refractivity contribution in [3.05, 3.63) is 70.6 Å². The summed E-state index contributed by atoms with van der Waals surface area (Å²) in [6.45, 7) is 1.88. The van der Waals surface area contributed by atoms with Crippen LogP contribution in [0.1, 0.15) is 24.1 Å². The van der Waals surface area contributed by atoms with Gasteiger partial charge in [-0.1, -0.05) is 36.4 Å². The highest BCUT2D eigenvalue weighted by molar-refractivity contribution is 5.96. The Labute approximate surface area is 143 Å². The molecule has 0 saturated carbocycles. The molecule has 0 spiro atoms. The van der Waals surface area contributed by atoms with E-state index < -0.39 is 5.91 Å². The van der Waals surface area contributed by atoms with Crippen LogP contribution in [0.5, 0.6) is 11.8 Å². The van der Waals surface area contributed by atoms with Crippen molar-refractivity contribution >= 4 is 22.8 Å². The molecule has 6 nitrogen and oxygen atoms in total. The molecule has 3 rings (SSSR count). The predicted octanol–water partition coefficient (Wildman–Crippen LogP) is 3.97. The van der Waals surface area contributed by atoms with Crippen molar-refractivity contribution in [1.82, 2.24) is 4.57 Å². The first kappa shape index (κ1) is 16.4. The number of aromatic hydroxyl groups is 2. The van der Waals surface area contributed by atoms with Crippen LogP contribution < -0.4 is 0 Å². The molecular weight excluding hydrogens is 320 g/mol. The molecule has 0 radical (unpaired) electrons. The van der Waals surface area contributed by atoms with Gasteiger partial charge in [0.15, 0.2) is 0 Å². The lowest BCUT2D eigenvalue weighted by molar-refractivity contribution is -0.113. The van der Waals surface area contributed by atoms with E-state index in [1.54, 1.807) is 18.2 Å². The van der Waals surface area contributed by atoms with E-state index in [1.807, 2.05) is 37.3 Å². The number of carbonyl (C=O) groups excluding carboxylic acids is 1. The largest absolute Gasteiger partial charge is 0.494 e. The van der Waals surface area contributed by atoms with Gasteiger partial charge >= 0.3 is 5.91 Å². The lowest BCUT2D eigenvalue weighted by Gasteiger charge is -2.16. The van der Waals surface area contributed by atoms with Crippen LogP contribution in [0, 0.1) is 4.91 Å². The Kier molecular flexibility index (Phi) is 4.35. The van der Waals surface area contributed by atoms with Gasteiger partial charge in [0.1, 0.15) is 0 Å². The number of amides is 1. The average Bonchev–Trinajstić information content (AvgIpc) is 2.90. The highest BCUT2D eigenvalue weighted by atomic mass is 16.3. The summed E-state index contributed by atoms with van der Waals surface area (Å²) in [6.07, 6.45) is 2.48. The van der Waals surface area contributed by atoms with E-state index in [1.165, 1.54) is 10.6 Å². The second-order valence-electron chi connectivity index (χ2n) is 5.67. The molecule has 1 aromatic heterocycles. The molecule has 126 valence electrons. The maximum atomic E-state index is 11.0. The van der Waals surface area contributed by atoms with Crippen LogP contribution >= 0.6 is 0 Å². The van der Waals surface area contributed by atoms with Gasteiger partial charge in [0.2, 0.25) is 11.8 Å². The molecular formula is C19H16N2O4. The molecule has 0 unspecified atom stereocenters. The number of benzene rings is 2. The summed E-state index contributed by atoms with van der Waals surface area (Å²) < 4.78 is 1.45. The van der Waals surface area contributed by atoms with E-state index in [9.17, 15) is 19.9 Å². The van der Waals surface area contributed by atoms with E-state index in [2.05, 4.69) is 5.18 Å². The van der Waals surface area contributed by atoms with Crippen LogP contribution in [0.4, 0.5) is 0 Å². The lowest BCUT2D eigenvalue weighted by atomic mass is 10.1. The molecule has 1 amide bonds. The van der Waals surface area contributed by atoms with Crippen molar-refractivity contribution in [2.75, 3.05) is 0 Å². The number of hydrogen-bond donors (Lipinski definition) is 2. The summed E-state index contributed by atoms with van der Waals surface area (Å²) in [5, 5.41) is 24.4. The Morgan fingerprint density at radius 2 is 1.76 bits per heavy atom. The SMILES string of the molecule is C[C@@H](c1ccccc1)n1c(O)c2ccc(/C=C/C(=O)N=O)cc2c1O. The minimum Gasteiger partial charge on any atom is -0.494 e. The molecule has 0 aliphatic heterocycles. The number of hydrogen-bond acceptors (Lipinski definition) is 4. The summed E-state index contributed by atoms with van der Waals surface area (Å²) in [5.41, 5.74) is 1.54. The van der Waals surface area contributed by atoms with Crippen LogP contribution in [-0.4, -0.2) is 20.7 Å². The van der Waals surface area contributed by atoms with E-state index >= 15 is 0 Å². The Bertz CT molecular complexity index is 974. The quantitative estimate of drug-likeness (QED) is 0.557. The van der Waals surface area contributed by atoms with Gasteiger partial charge in [0, 0.05) is 22.0 Å². The smallest absolute Gasteiger partial charge is 0.309 e. The Hall–Kier alpha value is -3.41. The summed E-state index contributed by atoms with van der Waals surface area (Å²) in [5.74, 6) is -0.994. The first-order valence-electron chi connectivity index (χ1n) is 7.69. The fourth-order valence-corrected chi connectivity index (χ4v) is 2.85. The van der Waals surface area contributed by atoms with Gasteiger partial charge in [-0.25, -0.2) is 0 Å². The van der Waals surface area contributed by atoms with Gasteiger partial charge in [0.25, 0.3) is 0 Å². The predicted molar refractivity (Wildman–Crippen MR) is 95.4 cm³/mol. The molecule has 0 saturated heterocycles. The Morgan fingerprint density at radius 1 is 1.08 bits per heavy atom. The zero-order chi connectivity index (χ0) is 18.0. The third kappa shape index (κ3) is 3.01. The third-order valence-electron chi connectivity index (χ3n) is 4.16. The van der Waals surface area contributed by atoms with E-state index in [0.29, 0.717) is 16.3 Å². The number of aromatic nitrogens is 1. The first-order chi connectivity index (χ1) is 12.0. The van der Waals surface area contributed by atoms with Crippen LogP contribution in [0.3, 0.4) is 0 Å². The van der Waals surface area contributed by atoms with Crippen molar-refractivity contribution in [2.24, 2.45) is 5.18 Å². The van der Waals surface area contributed by atoms with E-state index in [-0.39, 0.29) is 17.8 Å². The highest BCUT2D eigenvalue weighted by Gasteiger charge is 2.21. The number of rotatable bonds is 4. The van der Waals surface area contributed by atoms with Crippen LogP contribution in [-0.2, 0) is 4.79 Å².